The Labute approximate surface area is 534 Å². The van der Waals surface area contributed by atoms with Crippen molar-refractivity contribution in [2.45, 2.75) is 173 Å². The molecule has 29 nitrogen and oxygen atoms in total. The van der Waals surface area contributed by atoms with Crippen LogP contribution in [0.5, 0.6) is 0 Å². The van der Waals surface area contributed by atoms with E-state index in [1.165, 1.54) is 4.68 Å². The molecule has 10 amide bonds. The molecule has 3 aromatic rings. The molecule has 1 aromatic carbocycles. The summed E-state index contributed by atoms with van der Waals surface area (Å²) in [5, 5.41) is 41.6. The van der Waals surface area contributed by atoms with Crippen LogP contribution in [0.2, 0.25) is 0 Å². The van der Waals surface area contributed by atoms with Crippen molar-refractivity contribution in [3.8, 4) is 0 Å². The number of unbranched alkanes of at least 4 members (excludes halogenated alkanes) is 1. The largest absolute Gasteiger partial charge is 0.394 e. The van der Waals surface area contributed by atoms with E-state index in [-0.39, 0.29) is 89.3 Å². The average molecular weight is 1300 g/mol. The molecular formula is C61H94N14O15S. The second-order valence-corrected chi connectivity index (χ2v) is 24.7. The summed E-state index contributed by atoms with van der Waals surface area (Å²) in [5.41, 5.74) is 13.0. The van der Waals surface area contributed by atoms with Gasteiger partial charge in [0.1, 0.15) is 24.7 Å². The van der Waals surface area contributed by atoms with E-state index >= 15 is 0 Å². The van der Waals surface area contributed by atoms with Crippen LogP contribution in [-0.4, -0.2) is 196 Å². The average Bonchev–Trinajstić information content (AvgIpc) is 1.83. The quantitative estimate of drug-likeness (QED) is 0.0389. The highest BCUT2D eigenvalue weighted by molar-refractivity contribution is 8.00. The molecule has 10 atom stereocenters. The predicted molar refractivity (Wildman–Crippen MR) is 336 cm³/mol. The number of ether oxygens (including phenoxy) is 3. The van der Waals surface area contributed by atoms with Crippen LogP contribution in [0.25, 0.3) is 10.9 Å². The van der Waals surface area contributed by atoms with Gasteiger partial charge in [-0.05, 0) is 55.6 Å². The molecule has 5 heterocycles. The number of aliphatic hydroxyl groups is 1. The molecule has 2 aromatic heterocycles. The SMILES string of the molecule is CC.CC(C)[C@H]1NC(=O)[C@@H](CC(N)=O)NC(=O)[C@@H](CO)NC(=O)[C@@H](C(C)C)NC(=O)[C@@H](Cc2c[nH]c3ccccc23)CC(=O)[C@@H](NC(=O)COCCOCCOCCNC(=O)CCCC[C@H]2SC[C@H]3NC(=O)N[C@H]32)Cc2cn(nn2)CCCC[C@@H](C(N)=O)CC1=O. The molecule has 0 radical (unpaired) electrons. The number of primary amides is 2. The highest BCUT2D eigenvalue weighted by Crippen LogP contribution is 2.33. The van der Waals surface area contributed by atoms with E-state index in [0.29, 0.717) is 42.3 Å². The monoisotopic (exact) mass is 1290 g/mol. The molecule has 0 unspecified atom stereocenters. The lowest BCUT2D eigenvalue weighted by molar-refractivity contribution is -0.137. The number of Topliss-reactive ketones (excluding diaryl/α,β-unsaturated/α-hetero) is 2. The van der Waals surface area contributed by atoms with E-state index in [2.05, 4.69) is 57.8 Å². The van der Waals surface area contributed by atoms with Crippen LogP contribution < -0.4 is 54.0 Å². The number of urea groups is 1. The molecule has 91 heavy (non-hydrogen) atoms. The molecule has 0 saturated carbocycles. The first-order valence-corrected chi connectivity index (χ1v) is 32.5. The Morgan fingerprint density at radius 1 is 0.758 bits per heavy atom. The van der Waals surface area contributed by atoms with Gasteiger partial charge in [-0.15, -0.1) is 5.10 Å². The number of benzene rings is 1. The molecule has 30 heteroatoms. The summed E-state index contributed by atoms with van der Waals surface area (Å²) in [7, 11) is 0. The third kappa shape index (κ3) is 24.2. The van der Waals surface area contributed by atoms with Crippen molar-refractivity contribution in [1.29, 1.82) is 0 Å². The van der Waals surface area contributed by atoms with Crippen LogP contribution in [0.15, 0.2) is 36.7 Å². The van der Waals surface area contributed by atoms with Crippen LogP contribution in [0.3, 0.4) is 0 Å². The Bertz CT molecular complexity index is 2920. The number of thioether (sulfide) groups is 1. The van der Waals surface area contributed by atoms with Crippen LogP contribution in [0.4, 0.5) is 4.79 Å². The summed E-state index contributed by atoms with van der Waals surface area (Å²) < 4.78 is 18.3. The first-order chi connectivity index (χ1) is 43.6. The molecule has 504 valence electrons. The Kier molecular flexibility index (Phi) is 31.3. The van der Waals surface area contributed by atoms with Gasteiger partial charge >= 0.3 is 6.03 Å². The van der Waals surface area contributed by atoms with Crippen molar-refractivity contribution < 1.29 is 72.1 Å². The van der Waals surface area contributed by atoms with Gasteiger partial charge in [-0.3, -0.25) is 52.6 Å². The highest BCUT2D eigenvalue weighted by Gasteiger charge is 2.43. The summed E-state index contributed by atoms with van der Waals surface area (Å²) >= 11 is 1.85. The number of nitrogens with one attached hydrogen (secondary N) is 9. The number of carbonyl (C=O) groups is 11. The van der Waals surface area contributed by atoms with Crippen LogP contribution in [0.1, 0.15) is 117 Å². The number of carbonyl (C=O) groups excluding carboxylic acids is 11. The molecule has 2 saturated heterocycles. The number of nitrogens with zero attached hydrogens (tertiary/aromatic N) is 3. The van der Waals surface area contributed by atoms with Gasteiger partial charge in [0.05, 0.1) is 75.9 Å². The number of rotatable bonds is 25. The number of H-pyrrole nitrogens is 1. The van der Waals surface area contributed by atoms with Gasteiger partial charge in [0.15, 0.2) is 11.6 Å². The van der Waals surface area contributed by atoms with E-state index < -0.39 is 133 Å². The van der Waals surface area contributed by atoms with Gasteiger partial charge in [-0.2, -0.15) is 11.8 Å². The zero-order chi connectivity index (χ0) is 66.6. The zero-order valence-corrected chi connectivity index (χ0v) is 53.8. The van der Waals surface area contributed by atoms with Gasteiger partial charge in [-0.1, -0.05) is 77.8 Å². The second-order valence-electron chi connectivity index (χ2n) is 23.4. The van der Waals surface area contributed by atoms with E-state index in [1.54, 1.807) is 40.1 Å². The summed E-state index contributed by atoms with van der Waals surface area (Å²) in [6.07, 6.45) is 5.52. The Hall–Kier alpha value is -7.54. The second kappa shape index (κ2) is 38.3. The molecule has 3 aliphatic heterocycles. The minimum atomic E-state index is -1.74. The molecule has 6 rings (SSSR count). The molecule has 2 fully saturated rings. The fourth-order valence-electron chi connectivity index (χ4n) is 10.9. The van der Waals surface area contributed by atoms with Crippen LogP contribution >= 0.6 is 11.8 Å². The summed E-state index contributed by atoms with van der Waals surface area (Å²) in [6.45, 7) is 10.5. The van der Waals surface area contributed by atoms with Gasteiger partial charge in [0, 0.05) is 84.9 Å². The standard InChI is InChI=1S/C59H88N14O15S.C2H6/c1-33(2)51-46(76)24-35(54(61)80)11-9-10-17-73-29-38(71-72-73)26-41(64-50(79)31-88-22-21-87-20-19-86-18-16-62-49(78)15-8-7-14-47-53-44(32-89-47)67-59(85)70-53)45(75)25-36(23-37-28-63-40-13-6-5-12-39(37)40)55(81)69-52(34(3)4)58(84)66-43(30-74)57(83)65-42(27-48(60)77)56(82)68-51;1-2/h5-6,12-13,28-29,33-36,41-44,47,51-53,63,74H,7-11,14-27,30-32H2,1-4H3,(H2,60,77)(H2,61,80)(H,62,78)(H,64,79)(H,65,83)(H,66,84)(H,68,82)(H,69,81)(H2,67,70,85);1-2H3/t35-,36+,41+,42-,43-,44-,47-,51-,52-,53-;/m1./s1. The fourth-order valence-corrected chi connectivity index (χ4v) is 12.4. The third-order valence-electron chi connectivity index (χ3n) is 15.8. The number of amides is 10. The molecule has 0 spiro atoms. The van der Waals surface area contributed by atoms with Crippen molar-refractivity contribution >= 4 is 87.5 Å². The Balaban J connectivity index is 0.00000744. The summed E-state index contributed by atoms with van der Waals surface area (Å²) in [4.78, 5) is 151. The number of para-hydroxylation sites is 1. The molecule has 0 aliphatic carbocycles. The number of aromatic amines is 1. The third-order valence-corrected chi connectivity index (χ3v) is 17.3. The number of aryl methyl sites for hydroxylation is 1. The van der Waals surface area contributed by atoms with Gasteiger partial charge in [-0.25, -0.2) is 4.79 Å². The lowest BCUT2D eigenvalue weighted by Gasteiger charge is -2.28. The molecule has 14 N–H and O–H groups in total. The Morgan fingerprint density at radius 3 is 2.14 bits per heavy atom. The number of aromatic nitrogens is 4. The van der Waals surface area contributed by atoms with Gasteiger partial charge in [0.25, 0.3) is 0 Å². The lowest BCUT2D eigenvalue weighted by atomic mass is 9.89. The topological polar surface area (TPSA) is 430 Å². The number of nitrogens with two attached hydrogens (primary N) is 2. The van der Waals surface area contributed by atoms with Gasteiger partial charge in [0.2, 0.25) is 47.3 Å². The van der Waals surface area contributed by atoms with E-state index in [4.69, 9.17) is 25.7 Å². The van der Waals surface area contributed by atoms with Crippen molar-refractivity contribution in [3.05, 3.63) is 47.9 Å². The molecule has 3 aliphatic rings. The van der Waals surface area contributed by atoms with Crippen molar-refractivity contribution in [2.75, 3.05) is 58.5 Å². The number of hydrogen-bond donors (Lipinski definition) is 12. The highest BCUT2D eigenvalue weighted by atomic mass is 32.2. The van der Waals surface area contributed by atoms with Crippen LogP contribution in [0, 0.1) is 23.7 Å². The van der Waals surface area contributed by atoms with E-state index in [9.17, 15) is 57.8 Å². The van der Waals surface area contributed by atoms with Gasteiger partial charge < -0.3 is 78.3 Å². The first-order valence-electron chi connectivity index (χ1n) is 31.5. The van der Waals surface area contributed by atoms with E-state index in [0.717, 1.165) is 35.9 Å². The Morgan fingerprint density at radius 2 is 1.44 bits per heavy atom. The maximum absolute atomic E-state index is 14.8. The van der Waals surface area contributed by atoms with Crippen molar-refractivity contribution in [2.24, 2.45) is 35.1 Å². The predicted octanol–water partition coefficient (Wildman–Crippen LogP) is -0.114. The summed E-state index contributed by atoms with van der Waals surface area (Å²) in [6, 6.07) is 0.223. The molecule has 2 bridgehead atoms. The summed E-state index contributed by atoms with van der Waals surface area (Å²) in [5.74, 6) is -9.80. The molecular weight excluding hydrogens is 1200 g/mol. The number of ketones is 2. The number of aliphatic hydroxyl groups excluding tert-OH is 1. The minimum absolute atomic E-state index is 0.00541. The minimum Gasteiger partial charge on any atom is -0.394 e. The van der Waals surface area contributed by atoms with E-state index in [1.807, 2.05) is 49.9 Å². The maximum Gasteiger partial charge on any atom is 0.315 e. The first kappa shape index (κ1) is 74.2. The number of hydrogen-bond acceptors (Lipinski definition) is 18. The van der Waals surface area contributed by atoms with Crippen molar-refractivity contribution in [3.63, 3.8) is 0 Å². The smallest absolute Gasteiger partial charge is 0.315 e. The lowest BCUT2D eigenvalue weighted by Crippen LogP contribution is -2.60. The fraction of sp³-hybridized carbons (Fsp3) is 0.656. The normalized spacial score (nSPS) is 24.2. The maximum atomic E-state index is 14.8. The van der Waals surface area contributed by atoms with Crippen LogP contribution in [-0.2, 0) is 81.5 Å². The van der Waals surface area contributed by atoms with Crippen molar-refractivity contribution in [1.82, 2.24) is 62.5 Å². The number of fused-ring (bicyclic) bond motifs is 4. The zero-order valence-electron chi connectivity index (χ0n) is 53.0.